The van der Waals surface area contributed by atoms with E-state index in [0.717, 1.165) is 92.6 Å². The van der Waals surface area contributed by atoms with Crippen LogP contribution in [0.3, 0.4) is 0 Å². The zero-order valence-corrected chi connectivity index (χ0v) is 23.6. The molecular formula is C32H39FN6O. The van der Waals surface area contributed by atoms with Crippen LogP contribution in [-0.2, 0) is 13.0 Å². The Morgan fingerprint density at radius 2 is 1.88 bits per heavy atom. The third-order valence-electron chi connectivity index (χ3n) is 9.44. The van der Waals surface area contributed by atoms with E-state index in [1.807, 2.05) is 4.90 Å². The molecule has 3 atom stereocenters. The van der Waals surface area contributed by atoms with Gasteiger partial charge in [-0.05, 0) is 81.2 Å². The summed E-state index contributed by atoms with van der Waals surface area (Å²) in [6.07, 6.45) is 9.18. The number of rotatable bonds is 8. The van der Waals surface area contributed by atoms with E-state index < -0.39 is 0 Å². The minimum Gasteiger partial charge on any atom is -0.334 e. The normalized spacial score (nSPS) is 22.6. The number of nitrogens with two attached hydrogens (primary N) is 1. The molecule has 1 saturated heterocycles. The molecule has 2 N–H and O–H groups in total. The number of nitrogens with zero attached hydrogens (tertiary/aromatic N) is 5. The Morgan fingerprint density at radius 3 is 2.65 bits per heavy atom. The highest BCUT2D eigenvalue weighted by atomic mass is 19.1. The van der Waals surface area contributed by atoms with Gasteiger partial charge in [-0.2, -0.15) is 0 Å². The summed E-state index contributed by atoms with van der Waals surface area (Å²) >= 11 is 0. The molecule has 3 unspecified atom stereocenters. The van der Waals surface area contributed by atoms with Crippen LogP contribution in [0.4, 0.5) is 4.39 Å². The monoisotopic (exact) mass is 542 g/mol. The summed E-state index contributed by atoms with van der Waals surface area (Å²) in [4.78, 5) is 25.6. The number of piperidine rings is 1. The van der Waals surface area contributed by atoms with Crippen LogP contribution in [0.1, 0.15) is 87.3 Å². The van der Waals surface area contributed by atoms with E-state index in [1.165, 1.54) is 6.07 Å². The number of imidazole rings is 1. The van der Waals surface area contributed by atoms with Crippen molar-refractivity contribution in [2.24, 2.45) is 11.7 Å². The Bertz CT molecular complexity index is 1600. The van der Waals surface area contributed by atoms with Crippen LogP contribution in [0.15, 0.2) is 30.3 Å². The van der Waals surface area contributed by atoms with Gasteiger partial charge in [0.25, 0.3) is 5.91 Å². The van der Waals surface area contributed by atoms with Crippen LogP contribution in [0.2, 0.25) is 0 Å². The smallest absolute Gasteiger partial charge is 0.254 e. The minimum absolute atomic E-state index is 0.00610. The largest absolute Gasteiger partial charge is 0.334 e. The van der Waals surface area contributed by atoms with Crippen molar-refractivity contribution in [2.45, 2.75) is 96.3 Å². The Labute approximate surface area is 234 Å². The standard InChI is InChI=1S/C32H39FN6O/c1-3-5-6-13-37-28(17-20-7-9-22(4-2)35-30(20)37)31-36-27-16-21(15-25(33)29(27)39(31)23-11-12-23)32(40)38-18-26(34)19-8-10-24(38)14-19/h7,9,15-17,19,23-24,26H,3-6,8,10-14,18,34H2,1-2H3. The van der Waals surface area contributed by atoms with Gasteiger partial charge in [0.05, 0.1) is 11.2 Å². The van der Waals surface area contributed by atoms with Crippen LogP contribution in [0.5, 0.6) is 0 Å². The molecule has 0 spiro atoms. The average molecular weight is 543 g/mol. The first-order chi connectivity index (χ1) is 19.5. The van der Waals surface area contributed by atoms with Gasteiger partial charge in [0, 0.05) is 47.9 Å². The lowest BCUT2D eigenvalue weighted by Gasteiger charge is -2.37. The molecule has 1 aliphatic heterocycles. The first-order valence-electron chi connectivity index (χ1n) is 15.2. The maximum Gasteiger partial charge on any atom is 0.254 e. The number of aromatic nitrogens is 4. The van der Waals surface area contributed by atoms with Gasteiger partial charge in [-0.25, -0.2) is 14.4 Å². The molecule has 1 aromatic carbocycles. The number of amides is 1. The van der Waals surface area contributed by atoms with E-state index in [9.17, 15) is 4.79 Å². The second-order valence-electron chi connectivity index (χ2n) is 12.2. The molecule has 40 heavy (non-hydrogen) atoms. The first kappa shape index (κ1) is 25.7. The molecule has 7 nitrogen and oxygen atoms in total. The predicted octanol–water partition coefficient (Wildman–Crippen LogP) is 6.23. The molecular weight excluding hydrogens is 503 g/mol. The Hall–Kier alpha value is -3.26. The van der Waals surface area contributed by atoms with E-state index in [0.29, 0.717) is 29.1 Å². The van der Waals surface area contributed by atoms with Gasteiger partial charge in [0.1, 0.15) is 17.0 Å². The summed E-state index contributed by atoms with van der Waals surface area (Å²) in [6.45, 7) is 5.71. The molecule has 4 aromatic rings. The highest BCUT2D eigenvalue weighted by Gasteiger charge is 2.41. The molecule has 8 heteroatoms. The van der Waals surface area contributed by atoms with Crippen LogP contribution >= 0.6 is 0 Å². The van der Waals surface area contributed by atoms with Crippen molar-refractivity contribution in [1.29, 1.82) is 0 Å². The van der Waals surface area contributed by atoms with Crippen LogP contribution in [0, 0.1) is 11.7 Å². The van der Waals surface area contributed by atoms with Crippen LogP contribution in [-0.4, -0.2) is 48.5 Å². The van der Waals surface area contributed by atoms with Crippen molar-refractivity contribution >= 4 is 28.0 Å². The summed E-state index contributed by atoms with van der Waals surface area (Å²) in [7, 11) is 0. The Morgan fingerprint density at radius 1 is 1.05 bits per heavy atom. The van der Waals surface area contributed by atoms with E-state index in [2.05, 4.69) is 41.2 Å². The second-order valence-corrected chi connectivity index (χ2v) is 12.2. The zero-order valence-electron chi connectivity index (χ0n) is 23.6. The van der Waals surface area contributed by atoms with Gasteiger partial charge in [0.2, 0.25) is 0 Å². The van der Waals surface area contributed by atoms with Gasteiger partial charge < -0.3 is 19.8 Å². The molecule has 0 radical (unpaired) electrons. The second kappa shape index (κ2) is 9.98. The number of halogens is 1. The number of pyridine rings is 1. The highest BCUT2D eigenvalue weighted by molar-refractivity contribution is 5.98. The maximum absolute atomic E-state index is 16.0. The molecule has 4 heterocycles. The van der Waals surface area contributed by atoms with Crippen LogP contribution < -0.4 is 5.73 Å². The number of aryl methyl sites for hydroxylation is 2. The number of hydrogen-bond acceptors (Lipinski definition) is 4. The van der Waals surface area contributed by atoms with Crippen molar-refractivity contribution in [1.82, 2.24) is 24.0 Å². The summed E-state index contributed by atoms with van der Waals surface area (Å²) in [5.74, 6) is 0.760. The van der Waals surface area contributed by atoms with Crippen LogP contribution in [0.25, 0.3) is 33.6 Å². The molecule has 7 rings (SSSR count). The average Bonchev–Trinajstić information content (AvgIpc) is 3.43. The first-order valence-corrected chi connectivity index (χ1v) is 15.2. The topological polar surface area (TPSA) is 82.0 Å². The Balaban J connectivity index is 1.35. The van der Waals surface area contributed by atoms with Crippen molar-refractivity contribution in [3.05, 3.63) is 47.4 Å². The SMILES string of the molecule is CCCCCn1c(-c2nc3cc(C(=O)N4CC(N)C5CCC4C5)cc(F)c3n2C2CC2)cc2ccc(CC)nc21. The van der Waals surface area contributed by atoms with E-state index in [-0.39, 0.29) is 29.8 Å². The Kier molecular flexibility index (Phi) is 6.41. The number of fused-ring (bicyclic) bond motifs is 4. The fourth-order valence-electron chi connectivity index (χ4n) is 7.07. The quantitative estimate of drug-likeness (QED) is 0.268. The van der Waals surface area contributed by atoms with E-state index in [4.69, 9.17) is 15.7 Å². The lowest BCUT2D eigenvalue weighted by molar-refractivity contribution is 0.0603. The zero-order chi connectivity index (χ0) is 27.5. The van der Waals surface area contributed by atoms with Crippen molar-refractivity contribution in [3.63, 3.8) is 0 Å². The molecule has 210 valence electrons. The number of benzene rings is 1. The summed E-state index contributed by atoms with van der Waals surface area (Å²) in [5.41, 5.74) is 10.8. The molecule has 3 aliphatic rings. The molecule has 2 aliphatic carbocycles. The van der Waals surface area contributed by atoms with Gasteiger partial charge >= 0.3 is 0 Å². The lowest BCUT2D eigenvalue weighted by atomic mass is 9.94. The fraction of sp³-hybridized carbons (Fsp3) is 0.531. The number of carbonyl (C=O) groups excluding carboxylic acids is 1. The molecule has 3 fully saturated rings. The van der Waals surface area contributed by atoms with Crippen molar-refractivity contribution < 1.29 is 9.18 Å². The number of likely N-dealkylation sites (tertiary alicyclic amines) is 1. The van der Waals surface area contributed by atoms with E-state index >= 15 is 4.39 Å². The molecule has 2 saturated carbocycles. The molecule has 2 bridgehead atoms. The third-order valence-corrected chi connectivity index (χ3v) is 9.44. The van der Waals surface area contributed by atoms with Crippen molar-refractivity contribution in [3.8, 4) is 11.5 Å². The summed E-state index contributed by atoms with van der Waals surface area (Å²) in [5, 5.41) is 1.07. The number of unbranched alkanes of at least 4 members (excludes halogenated alkanes) is 2. The fourth-order valence-corrected chi connectivity index (χ4v) is 7.07. The summed E-state index contributed by atoms with van der Waals surface area (Å²) in [6, 6.07) is 10.0. The third kappa shape index (κ3) is 4.23. The van der Waals surface area contributed by atoms with E-state index in [1.54, 1.807) is 6.07 Å². The number of hydrogen-bond donors (Lipinski definition) is 1. The highest BCUT2D eigenvalue weighted by Crippen LogP contribution is 2.43. The van der Waals surface area contributed by atoms with Gasteiger partial charge in [-0.3, -0.25) is 4.79 Å². The number of carbonyl (C=O) groups is 1. The molecule has 1 amide bonds. The summed E-state index contributed by atoms with van der Waals surface area (Å²) < 4.78 is 20.4. The van der Waals surface area contributed by atoms with Gasteiger partial charge in [-0.1, -0.05) is 26.7 Å². The molecule has 3 aromatic heterocycles. The maximum atomic E-state index is 16.0. The van der Waals surface area contributed by atoms with Gasteiger partial charge in [-0.15, -0.1) is 0 Å². The lowest BCUT2D eigenvalue weighted by Crippen LogP contribution is -2.51. The van der Waals surface area contributed by atoms with Crippen molar-refractivity contribution in [2.75, 3.05) is 6.54 Å². The van der Waals surface area contributed by atoms with Gasteiger partial charge in [0.15, 0.2) is 5.82 Å². The minimum atomic E-state index is -0.378. The predicted molar refractivity (Wildman–Crippen MR) is 156 cm³/mol.